The van der Waals surface area contributed by atoms with Gasteiger partial charge < -0.3 is 7.16 Å². The molecule has 66 valence electrons. The average Bonchev–Trinajstić information content (AvgIpc) is 2.04. The van der Waals surface area contributed by atoms with E-state index in [1.165, 1.54) is 5.56 Å². The molecule has 0 spiro atoms. The molecule has 2 nitrogen and oxygen atoms in total. The van der Waals surface area contributed by atoms with E-state index in [4.69, 9.17) is 5.73 Å². The number of primary amides is 1. The van der Waals surface area contributed by atoms with Crippen LogP contribution in [-0.4, -0.2) is 5.91 Å². The fourth-order valence-electron chi connectivity index (χ4n) is 1.03. The number of amides is 1. The van der Waals surface area contributed by atoms with Crippen LogP contribution >= 0.6 is 0 Å². The van der Waals surface area contributed by atoms with E-state index in [0.717, 1.165) is 0 Å². The van der Waals surface area contributed by atoms with Crippen molar-refractivity contribution in [3.05, 3.63) is 35.4 Å². The van der Waals surface area contributed by atoms with Gasteiger partial charge in [-0.15, -0.1) is 0 Å². The van der Waals surface area contributed by atoms with Gasteiger partial charge in [0.2, 0.25) is 5.91 Å². The zero-order valence-corrected chi connectivity index (χ0v) is 8.37. The number of carbonyl (C=O) groups excluding carboxylic acids is 1. The molecule has 0 bridgehead atoms. The fourth-order valence-corrected chi connectivity index (χ4v) is 1.03. The van der Waals surface area contributed by atoms with Gasteiger partial charge in [-0.05, 0) is 23.6 Å². The predicted molar refractivity (Wildman–Crippen MR) is 50.2 cm³/mol. The van der Waals surface area contributed by atoms with Crippen molar-refractivity contribution in [2.24, 2.45) is 5.73 Å². The maximum Gasteiger partial charge on any atom is 1.00 e. The van der Waals surface area contributed by atoms with Gasteiger partial charge in [0, 0.05) is 5.56 Å². The third kappa shape index (κ3) is 3.26. The monoisotopic (exact) mass is 171 g/mol. The summed E-state index contributed by atoms with van der Waals surface area (Å²) >= 11 is 0. The van der Waals surface area contributed by atoms with Crippen LogP contribution < -0.4 is 24.6 Å². The van der Waals surface area contributed by atoms with Crippen LogP contribution in [-0.2, 0) is 0 Å². The molecule has 0 unspecified atom stereocenters. The summed E-state index contributed by atoms with van der Waals surface area (Å²) in [6.07, 6.45) is 0. The van der Waals surface area contributed by atoms with E-state index in [1.54, 1.807) is 12.1 Å². The van der Waals surface area contributed by atoms with E-state index in [-0.39, 0.29) is 26.2 Å². The molecule has 1 aromatic carbocycles. The van der Waals surface area contributed by atoms with Crippen molar-refractivity contribution >= 4 is 5.91 Å². The number of carbonyl (C=O) groups is 1. The molecule has 0 aliphatic carbocycles. The molecule has 1 amide bonds. The topological polar surface area (TPSA) is 43.1 Å². The van der Waals surface area contributed by atoms with E-state index in [2.05, 4.69) is 13.8 Å². The van der Waals surface area contributed by atoms with Gasteiger partial charge in [-0.2, -0.15) is 0 Å². The summed E-state index contributed by atoms with van der Waals surface area (Å²) in [5, 5.41) is 0. The van der Waals surface area contributed by atoms with Crippen molar-refractivity contribution in [3.63, 3.8) is 0 Å². The van der Waals surface area contributed by atoms with Gasteiger partial charge in [0.1, 0.15) is 0 Å². The minimum atomic E-state index is -0.370. The molecular weight excluding hydrogens is 157 g/mol. The van der Waals surface area contributed by atoms with Crippen molar-refractivity contribution in [2.75, 3.05) is 0 Å². The van der Waals surface area contributed by atoms with Gasteiger partial charge in [-0.25, -0.2) is 0 Å². The Hall–Kier alpha value is -0.713. The number of benzene rings is 1. The van der Waals surface area contributed by atoms with Crippen LogP contribution in [0.1, 0.15) is 37.1 Å². The molecule has 0 atom stereocenters. The van der Waals surface area contributed by atoms with Crippen LogP contribution in [0.15, 0.2) is 24.3 Å². The first-order chi connectivity index (χ1) is 5.61. The Morgan fingerprint density at radius 3 is 2.08 bits per heavy atom. The minimum Gasteiger partial charge on any atom is -1.00 e. The van der Waals surface area contributed by atoms with Crippen LogP contribution in [0, 0.1) is 0 Å². The van der Waals surface area contributed by atoms with Crippen LogP contribution in [0.25, 0.3) is 0 Å². The molecule has 0 fully saturated rings. The van der Waals surface area contributed by atoms with E-state index in [1.807, 2.05) is 12.1 Å². The number of nitrogens with two attached hydrogens (primary N) is 1. The van der Waals surface area contributed by atoms with Gasteiger partial charge in [0.05, 0.1) is 0 Å². The molecule has 0 aromatic heterocycles. The molecular formula is C10H14LiNO. The second-order valence-corrected chi connectivity index (χ2v) is 3.14. The van der Waals surface area contributed by atoms with Crippen molar-refractivity contribution in [1.29, 1.82) is 0 Å². The van der Waals surface area contributed by atoms with Crippen LogP contribution in [0.3, 0.4) is 0 Å². The third-order valence-electron chi connectivity index (χ3n) is 1.86. The molecule has 13 heavy (non-hydrogen) atoms. The Morgan fingerprint density at radius 2 is 1.77 bits per heavy atom. The molecule has 0 saturated carbocycles. The summed E-state index contributed by atoms with van der Waals surface area (Å²) in [5.41, 5.74) is 6.89. The Kier molecular flexibility index (Phi) is 4.83. The molecule has 0 aliphatic heterocycles. The maximum atomic E-state index is 10.7. The quantitative estimate of drug-likeness (QED) is 0.571. The summed E-state index contributed by atoms with van der Waals surface area (Å²) in [6, 6.07) is 7.39. The van der Waals surface area contributed by atoms with Crippen LogP contribution in [0.5, 0.6) is 0 Å². The maximum absolute atomic E-state index is 10.7. The van der Waals surface area contributed by atoms with E-state index in [9.17, 15) is 4.79 Å². The summed E-state index contributed by atoms with van der Waals surface area (Å²) in [5.74, 6) is 0.122. The van der Waals surface area contributed by atoms with Crippen molar-refractivity contribution < 1.29 is 25.1 Å². The first-order valence-corrected chi connectivity index (χ1v) is 4.01. The van der Waals surface area contributed by atoms with Crippen molar-refractivity contribution in [1.82, 2.24) is 0 Å². The summed E-state index contributed by atoms with van der Waals surface area (Å²) in [7, 11) is 0. The number of hydrogen-bond acceptors (Lipinski definition) is 1. The molecule has 3 heteroatoms. The summed E-state index contributed by atoms with van der Waals surface area (Å²) < 4.78 is 0. The smallest absolute Gasteiger partial charge is 1.00 e. The Labute approximate surface area is 92.2 Å². The van der Waals surface area contributed by atoms with Crippen molar-refractivity contribution in [3.8, 4) is 0 Å². The van der Waals surface area contributed by atoms with E-state index in [0.29, 0.717) is 11.5 Å². The van der Waals surface area contributed by atoms with E-state index < -0.39 is 0 Å². The van der Waals surface area contributed by atoms with Crippen molar-refractivity contribution in [2.45, 2.75) is 19.8 Å². The second kappa shape index (κ2) is 5.11. The van der Waals surface area contributed by atoms with Gasteiger partial charge in [-0.1, -0.05) is 26.0 Å². The largest absolute Gasteiger partial charge is 1.00 e. The van der Waals surface area contributed by atoms with Gasteiger partial charge in [-0.3, -0.25) is 4.79 Å². The summed E-state index contributed by atoms with van der Waals surface area (Å²) in [6.45, 7) is 4.22. The zero-order valence-electron chi connectivity index (χ0n) is 9.37. The first-order valence-electron chi connectivity index (χ1n) is 4.01. The van der Waals surface area contributed by atoms with Crippen LogP contribution in [0.4, 0.5) is 0 Å². The molecule has 0 saturated heterocycles. The van der Waals surface area contributed by atoms with Gasteiger partial charge in [0.25, 0.3) is 0 Å². The van der Waals surface area contributed by atoms with Gasteiger partial charge >= 0.3 is 18.9 Å². The normalized spacial score (nSPS) is 9.46. The standard InChI is InChI=1S/C10H13NO.Li.H/c1-7(2)8-3-5-9(6-4-8)10(11)12;;/h3-7H,1-2H3,(H2,11,12);;/q;+1;-1. The SMILES string of the molecule is CC(C)c1ccc(C(N)=O)cc1.[H-].[Li+]. The minimum absolute atomic E-state index is 0. The molecule has 1 rings (SSSR count). The van der Waals surface area contributed by atoms with Gasteiger partial charge in [0.15, 0.2) is 0 Å². The Morgan fingerprint density at radius 1 is 1.31 bits per heavy atom. The number of rotatable bonds is 2. The molecule has 0 heterocycles. The van der Waals surface area contributed by atoms with Crippen LogP contribution in [0.2, 0.25) is 0 Å². The second-order valence-electron chi connectivity index (χ2n) is 3.14. The summed E-state index contributed by atoms with van der Waals surface area (Å²) in [4.78, 5) is 10.7. The fraction of sp³-hybridized carbons (Fsp3) is 0.300. The molecule has 0 radical (unpaired) electrons. The number of hydrogen-bond donors (Lipinski definition) is 1. The Balaban J connectivity index is 0. The Bertz CT molecular complexity index is 285. The molecule has 1 aromatic rings. The molecule has 0 aliphatic rings. The predicted octanol–water partition coefficient (Wildman–Crippen LogP) is -0.975. The first kappa shape index (κ1) is 12.3. The average molecular weight is 171 g/mol. The third-order valence-corrected chi connectivity index (χ3v) is 1.86. The zero-order chi connectivity index (χ0) is 9.14. The molecule has 2 N–H and O–H groups in total. The van der Waals surface area contributed by atoms with E-state index >= 15 is 0 Å².